The topological polar surface area (TPSA) is 32.3 Å². The molecule has 1 atom stereocenters. The lowest BCUT2D eigenvalue weighted by molar-refractivity contribution is 0.0887. The second-order valence-electron chi connectivity index (χ2n) is 4.68. The molecule has 1 aliphatic heterocycles. The smallest absolute Gasteiger partial charge is 0.166 e. The zero-order chi connectivity index (χ0) is 12.1. The van der Waals surface area contributed by atoms with Crippen LogP contribution in [0.25, 0.3) is 0 Å². The molecule has 1 saturated heterocycles. The van der Waals surface area contributed by atoms with Gasteiger partial charge in [-0.2, -0.15) is 0 Å². The fourth-order valence-electron chi connectivity index (χ4n) is 2.25. The van der Waals surface area contributed by atoms with E-state index in [9.17, 15) is 4.79 Å². The summed E-state index contributed by atoms with van der Waals surface area (Å²) in [5, 5.41) is 3.32. The Kier molecular flexibility index (Phi) is 4.29. The van der Waals surface area contributed by atoms with Crippen LogP contribution in [0.15, 0.2) is 30.3 Å². The Morgan fingerprint density at radius 2 is 1.94 bits per heavy atom. The summed E-state index contributed by atoms with van der Waals surface area (Å²) in [6.07, 6.45) is 0. The molecule has 1 aliphatic rings. The number of carbonyl (C=O) groups is 1. The molecule has 1 aromatic rings. The maximum absolute atomic E-state index is 12.2. The van der Waals surface area contributed by atoms with Crippen molar-refractivity contribution in [2.45, 2.75) is 6.92 Å². The van der Waals surface area contributed by atoms with Crippen LogP contribution in [0.3, 0.4) is 0 Å². The molecule has 0 saturated carbocycles. The normalized spacial score (nSPS) is 18.9. The molecule has 0 bridgehead atoms. The van der Waals surface area contributed by atoms with E-state index >= 15 is 0 Å². The largest absolute Gasteiger partial charge is 0.314 e. The van der Waals surface area contributed by atoms with Crippen molar-refractivity contribution in [1.29, 1.82) is 0 Å². The van der Waals surface area contributed by atoms with Crippen molar-refractivity contribution in [3.63, 3.8) is 0 Å². The number of hydrogen-bond donors (Lipinski definition) is 1. The van der Waals surface area contributed by atoms with E-state index in [0.29, 0.717) is 0 Å². The van der Waals surface area contributed by atoms with Gasteiger partial charge in [-0.1, -0.05) is 37.3 Å². The minimum absolute atomic E-state index is 0.0792. The number of hydrogen-bond acceptors (Lipinski definition) is 3. The van der Waals surface area contributed by atoms with Crippen LogP contribution in [-0.4, -0.2) is 43.4 Å². The molecule has 3 nitrogen and oxygen atoms in total. The first-order valence-corrected chi connectivity index (χ1v) is 6.29. The number of benzene rings is 1. The number of rotatable bonds is 4. The van der Waals surface area contributed by atoms with Crippen LogP contribution in [-0.2, 0) is 0 Å². The molecule has 0 aliphatic carbocycles. The molecule has 0 spiro atoms. The predicted molar refractivity (Wildman–Crippen MR) is 69.2 cm³/mol. The van der Waals surface area contributed by atoms with E-state index in [1.807, 2.05) is 37.3 Å². The Bertz CT molecular complexity index is 358. The van der Waals surface area contributed by atoms with Gasteiger partial charge in [0, 0.05) is 44.2 Å². The Hall–Kier alpha value is -1.19. The number of piperazine rings is 1. The molecule has 1 N–H and O–H groups in total. The van der Waals surface area contributed by atoms with Gasteiger partial charge in [-0.05, 0) is 0 Å². The highest BCUT2D eigenvalue weighted by Gasteiger charge is 2.19. The third-order valence-corrected chi connectivity index (χ3v) is 3.25. The lowest BCUT2D eigenvalue weighted by atomic mass is 9.99. The van der Waals surface area contributed by atoms with Gasteiger partial charge in [0.2, 0.25) is 0 Å². The molecular formula is C14H20N2O. The van der Waals surface area contributed by atoms with Gasteiger partial charge in [-0.25, -0.2) is 0 Å². The Morgan fingerprint density at radius 3 is 2.59 bits per heavy atom. The highest BCUT2D eigenvalue weighted by atomic mass is 16.1. The van der Waals surface area contributed by atoms with E-state index < -0.39 is 0 Å². The van der Waals surface area contributed by atoms with Crippen LogP contribution in [0.5, 0.6) is 0 Å². The molecule has 3 heteroatoms. The number of nitrogens with zero attached hydrogens (tertiary/aromatic N) is 1. The molecule has 0 amide bonds. The van der Waals surface area contributed by atoms with Gasteiger partial charge >= 0.3 is 0 Å². The van der Waals surface area contributed by atoms with Gasteiger partial charge < -0.3 is 10.2 Å². The van der Waals surface area contributed by atoms with E-state index in [1.165, 1.54) is 0 Å². The van der Waals surface area contributed by atoms with Gasteiger partial charge in [0.15, 0.2) is 5.78 Å². The van der Waals surface area contributed by atoms with Crippen LogP contribution in [0.2, 0.25) is 0 Å². The maximum atomic E-state index is 12.2. The summed E-state index contributed by atoms with van der Waals surface area (Å²) in [6.45, 7) is 7.06. The quantitative estimate of drug-likeness (QED) is 0.797. The number of nitrogens with one attached hydrogen (secondary N) is 1. The summed E-state index contributed by atoms with van der Waals surface area (Å²) >= 11 is 0. The molecule has 92 valence electrons. The fourth-order valence-corrected chi connectivity index (χ4v) is 2.25. The van der Waals surface area contributed by atoms with E-state index in [-0.39, 0.29) is 11.7 Å². The van der Waals surface area contributed by atoms with Crippen molar-refractivity contribution >= 4 is 5.78 Å². The van der Waals surface area contributed by atoms with Crippen molar-refractivity contribution in [1.82, 2.24) is 10.2 Å². The average molecular weight is 232 g/mol. The number of ketones is 1. The van der Waals surface area contributed by atoms with Crippen molar-refractivity contribution in [3.05, 3.63) is 35.9 Å². The zero-order valence-corrected chi connectivity index (χ0v) is 10.4. The van der Waals surface area contributed by atoms with Crippen molar-refractivity contribution in [2.75, 3.05) is 32.7 Å². The first kappa shape index (κ1) is 12.3. The summed E-state index contributed by atoms with van der Waals surface area (Å²) in [5.74, 6) is 0.333. The Balaban J connectivity index is 1.91. The minimum atomic E-state index is 0.0792. The first-order valence-electron chi connectivity index (χ1n) is 6.29. The lowest BCUT2D eigenvalue weighted by Crippen LogP contribution is -2.45. The molecule has 1 heterocycles. The van der Waals surface area contributed by atoms with Gasteiger partial charge in [-0.3, -0.25) is 4.79 Å². The third-order valence-electron chi connectivity index (χ3n) is 3.25. The van der Waals surface area contributed by atoms with Crippen LogP contribution < -0.4 is 5.32 Å². The van der Waals surface area contributed by atoms with Crippen LogP contribution in [0.4, 0.5) is 0 Å². The van der Waals surface area contributed by atoms with E-state index in [1.54, 1.807) is 0 Å². The molecule has 0 radical (unpaired) electrons. The van der Waals surface area contributed by atoms with Crippen molar-refractivity contribution < 1.29 is 4.79 Å². The van der Waals surface area contributed by atoms with E-state index in [2.05, 4.69) is 10.2 Å². The molecular weight excluding hydrogens is 212 g/mol. The fraction of sp³-hybridized carbons (Fsp3) is 0.500. The van der Waals surface area contributed by atoms with Crippen LogP contribution in [0.1, 0.15) is 17.3 Å². The number of carbonyl (C=O) groups excluding carboxylic acids is 1. The summed E-state index contributed by atoms with van der Waals surface area (Å²) in [6, 6.07) is 9.58. The average Bonchev–Trinajstić information content (AvgIpc) is 2.40. The Labute approximate surface area is 103 Å². The molecule has 1 fully saturated rings. The van der Waals surface area contributed by atoms with Gasteiger partial charge in [-0.15, -0.1) is 0 Å². The first-order chi connectivity index (χ1) is 8.27. The summed E-state index contributed by atoms with van der Waals surface area (Å²) in [5.41, 5.74) is 0.829. The summed E-state index contributed by atoms with van der Waals surface area (Å²) < 4.78 is 0. The number of Topliss-reactive ketones (excluding diaryl/α,β-unsaturated/α-hetero) is 1. The van der Waals surface area contributed by atoms with Crippen LogP contribution in [0, 0.1) is 5.92 Å². The van der Waals surface area contributed by atoms with Gasteiger partial charge in [0.05, 0.1) is 0 Å². The summed E-state index contributed by atoms with van der Waals surface area (Å²) in [4.78, 5) is 14.5. The standard InChI is InChI=1S/C14H20N2O/c1-12(11-16-9-7-15-8-10-16)14(17)13-5-3-2-4-6-13/h2-6,12,15H,7-11H2,1H3. The molecule has 2 rings (SSSR count). The second-order valence-corrected chi connectivity index (χ2v) is 4.68. The highest BCUT2D eigenvalue weighted by Crippen LogP contribution is 2.10. The second kappa shape index (κ2) is 5.94. The minimum Gasteiger partial charge on any atom is -0.314 e. The van der Waals surface area contributed by atoms with Crippen molar-refractivity contribution in [2.24, 2.45) is 5.92 Å². The van der Waals surface area contributed by atoms with Crippen LogP contribution >= 0.6 is 0 Å². The lowest BCUT2D eigenvalue weighted by Gasteiger charge is -2.29. The Morgan fingerprint density at radius 1 is 1.29 bits per heavy atom. The monoisotopic (exact) mass is 232 g/mol. The van der Waals surface area contributed by atoms with Gasteiger partial charge in [0.1, 0.15) is 0 Å². The SMILES string of the molecule is CC(CN1CCNCC1)C(=O)c1ccccc1. The maximum Gasteiger partial charge on any atom is 0.166 e. The van der Waals surface area contributed by atoms with E-state index in [4.69, 9.17) is 0 Å². The van der Waals surface area contributed by atoms with E-state index in [0.717, 1.165) is 38.3 Å². The highest BCUT2D eigenvalue weighted by molar-refractivity contribution is 5.97. The molecule has 17 heavy (non-hydrogen) atoms. The molecule has 1 aromatic carbocycles. The zero-order valence-electron chi connectivity index (χ0n) is 10.4. The summed E-state index contributed by atoms with van der Waals surface area (Å²) in [7, 11) is 0. The predicted octanol–water partition coefficient (Wildman–Crippen LogP) is 1.41. The molecule has 1 unspecified atom stereocenters. The van der Waals surface area contributed by atoms with Gasteiger partial charge in [0.25, 0.3) is 0 Å². The third kappa shape index (κ3) is 3.38. The van der Waals surface area contributed by atoms with Crippen molar-refractivity contribution in [3.8, 4) is 0 Å². The molecule has 0 aromatic heterocycles.